The molecule has 0 aliphatic rings. The van der Waals surface area contributed by atoms with E-state index >= 15 is 0 Å². The van der Waals surface area contributed by atoms with E-state index in [1.807, 2.05) is 0 Å². The first-order valence-electron chi connectivity index (χ1n) is 7.70. The zero-order chi connectivity index (χ0) is 18.5. The number of amides is 1. The van der Waals surface area contributed by atoms with E-state index in [0.29, 0.717) is 28.0 Å². The zero-order valence-corrected chi connectivity index (χ0v) is 14.2. The maximum absolute atomic E-state index is 12.3. The number of hydrazone groups is 1. The van der Waals surface area contributed by atoms with Gasteiger partial charge >= 0.3 is 0 Å². The smallest absolute Gasteiger partial charge is 0.271 e. The van der Waals surface area contributed by atoms with Crippen LogP contribution in [0.3, 0.4) is 0 Å². The van der Waals surface area contributed by atoms with Crippen molar-refractivity contribution in [3.8, 4) is 11.5 Å². The fourth-order valence-electron chi connectivity index (χ4n) is 2.38. The summed E-state index contributed by atoms with van der Waals surface area (Å²) in [6.45, 7) is 0. The molecule has 132 valence electrons. The van der Waals surface area contributed by atoms with Crippen LogP contribution < -0.4 is 20.3 Å². The summed E-state index contributed by atoms with van der Waals surface area (Å²) in [7, 11) is 2.99. The molecular formula is C19H16N2O5. The number of carbonyl (C=O) groups excluding carboxylic acids is 1. The minimum atomic E-state index is -0.452. The lowest BCUT2D eigenvalue weighted by molar-refractivity contribution is 0.0954. The van der Waals surface area contributed by atoms with Crippen molar-refractivity contribution in [3.63, 3.8) is 0 Å². The average molecular weight is 352 g/mol. The molecule has 2 aromatic carbocycles. The normalized spacial score (nSPS) is 10.8. The first-order valence-corrected chi connectivity index (χ1v) is 7.70. The molecule has 0 radical (unpaired) electrons. The molecule has 26 heavy (non-hydrogen) atoms. The van der Waals surface area contributed by atoms with Gasteiger partial charge in [-0.05, 0) is 30.3 Å². The van der Waals surface area contributed by atoms with Gasteiger partial charge in [-0.2, -0.15) is 5.10 Å². The molecule has 1 N–H and O–H groups in total. The minimum Gasteiger partial charge on any atom is -0.493 e. The van der Waals surface area contributed by atoms with Gasteiger partial charge in [0.2, 0.25) is 5.43 Å². The molecule has 1 amide bonds. The second-order valence-electron chi connectivity index (χ2n) is 5.29. The third kappa shape index (κ3) is 3.41. The Morgan fingerprint density at radius 3 is 2.65 bits per heavy atom. The number of nitrogens with zero attached hydrogens (tertiary/aromatic N) is 1. The molecule has 0 aliphatic heterocycles. The predicted molar refractivity (Wildman–Crippen MR) is 97.1 cm³/mol. The maximum Gasteiger partial charge on any atom is 0.271 e. The van der Waals surface area contributed by atoms with E-state index in [-0.39, 0.29) is 11.0 Å². The van der Waals surface area contributed by atoms with E-state index in [2.05, 4.69) is 10.5 Å². The van der Waals surface area contributed by atoms with Crippen LogP contribution in [0.15, 0.2) is 63.0 Å². The Kier molecular flexibility index (Phi) is 4.98. The maximum atomic E-state index is 12.3. The monoisotopic (exact) mass is 352 g/mol. The highest BCUT2D eigenvalue weighted by Crippen LogP contribution is 2.27. The van der Waals surface area contributed by atoms with Gasteiger partial charge in [0, 0.05) is 5.56 Å². The van der Waals surface area contributed by atoms with Gasteiger partial charge in [-0.25, -0.2) is 5.43 Å². The molecule has 1 heterocycles. The molecular weight excluding hydrogens is 336 g/mol. The number of methoxy groups -OCH3 is 2. The molecule has 0 fully saturated rings. The Hall–Kier alpha value is -3.61. The number of hydrogen-bond donors (Lipinski definition) is 1. The SMILES string of the molecule is COc1ccc(C(=O)N/N=C/c2coc3ccccc3c2=O)cc1OC. The number of ether oxygens (including phenoxy) is 2. The molecule has 0 bridgehead atoms. The lowest BCUT2D eigenvalue weighted by Gasteiger charge is -2.08. The van der Waals surface area contributed by atoms with Gasteiger partial charge in [0.25, 0.3) is 5.91 Å². The third-order valence-electron chi connectivity index (χ3n) is 3.72. The van der Waals surface area contributed by atoms with Crippen molar-refractivity contribution in [1.29, 1.82) is 0 Å². The van der Waals surface area contributed by atoms with Crippen LogP contribution >= 0.6 is 0 Å². The van der Waals surface area contributed by atoms with Gasteiger partial charge in [-0.3, -0.25) is 9.59 Å². The van der Waals surface area contributed by atoms with Crippen molar-refractivity contribution in [2.75, 3.05) is 14.2 Å². The number of carbonyl (C=O) groups is 1. The number of para-hydroxylation sites is 1. The van der Waals surface area contributed by atoms with Gasteiger partial charge in [0.05, 0.1) is 31.4 Å². The van der Waals surface area contributed by atoms with Gasteiger partial charge in [-0.1, -0.05) is 12.1 Å². The molecule has 7 heteroatoms. The summed E-state index contributed by atoms with van der Waals surface area (Å²) in [5.41, 5.74) is 3.20. The van der Waals surface area contributed by atoms with E-state index in [9.17, 15) is 9.59 Å². The summed E-state index contributed by atoms with van der Waals surface area (Å²) in [6.07, 6.45) is 2.55. The van der Waals surface area contributed by atoms with Gasteiger partial charge < -0.3 is 13.9 Å². The second-order valence-corrected chi connectivity index (χ2v) is 5.29. The first-order chi connectivity index (χ1) is 12.6. The van der Waals surface area contributed by atoms with Crippen LogP contribution in [0, 0.1) is 0 Å². The van der Waals surface area contributed by atoms with Crippen molar-refractivity contribution < 1.29 is 18.7 Å². The van der Waals surface area contributed by atoms with Crippen LogP contribution in [-0.2, 0) is 0 Å². The number of rotatable bonds is 5. The second kappa shape index (κ2) is 7.52. The summed E-state index contributed by atoms with van der Waals surface area (Å²) in [6, 6.07) is 11.6. The number of nitrogens with one attached hydrogen (secondary N) is 1. The molecule has 0 atom stereocenters. The summed E-state index contributed by atoms with van der Waals surface area (Å²) in [4.78, 5) is 24.5. The van der Waals surface area contributed by atoms with Gasteiger partial charge in [-0.15, -0.1) is 0 Å². The highest BCUT2D eigenvalue weighted by atomic mass is 16.5. The van der Waals surface area contributed by atoms with Crippen LogP contribution in [0.5, 0.6) is 11.5 Å². The summed E-state index contributed by atoms with van der Waals surface area (Å²) in [5.74, 6) is 0.494. The first kappa shape index (κ1) is 17.2. The van der Waals surface area contributed by atoms with Crippen molar-refractivity contribution in [2.24, 2.45) is 5.10 Å². The summed E-state index contributed by atoms with van der Waals surface area (Å²) < 4.78 is 15.7. The van der Waals surface area contributed by atoms with Crippen molar-refractivity contribution in [1.82, 2.24) is 5.43 Å². The van der Waals surface area contributed by atoms with E-state index in [0.717, 1.165) is 0 Å². The van der Waals surface area contributed by atoms with Crippen molar-refractivity contribution in [3.05, 3.63) is 70.1 Å². The highest BCUT2D eigenvalue weighted by Gasteiger charge is 2.10. The standard InChI is InChI=1S/C19H16N2O5/c1-24-16-8-7-12(9-17(16)25-2)19(23)21-20-10-13-11-26-15-6-4-3-5-14(15)18(13)22/h3-11H,1-2H3,(H,21,23)/b20-10+. The van der Waals surface area contributed by atoms with Crippen molar-refractivity contribution >= 4 is 23.1 Å². The lowest BCUT2D eigenvalue weighted by Crippen LogP contribution is -2.18. The van der Waals surface area contributed by atoms with E-state index in [1.165, 1.54) is 32.8 Å². The minimum absolute atomic E-state index is 0.226. The molecule has 1 aromatic heterocycles. The van der Waals surface area contributed by atoms with E-state index in [4.69, 9.17) is 13.9 Å². The molecule has 0 spiro atoms. The van der Waals surface area contributed by atoms with Gasteiger partial charge in [0.1, 0.15) is 11.8 Å². The fourth-order valence-corrected chi connectivity index (χ4v) is 2.38. The third-order valence-corrected chi connectivity index (χ3v) is 3.72. The predicted octanol–water partition coefficient (Wildman–Crippen LogP) is 2.57. The number of hydrogen-bond acceptors (Lipinski definition) is 6. The van der Waals surface area contributed by atoms with Crippen LogP contribution in [0.1, 0.15) is 15.9 Å². The molecule has 0 saturated carbocycles. The molecule has 0 unspecified atom stereocenters. The Labute approximate surface area is 148 Å². The summed E-state index contributed by atoms with van der Waals surface area (Å²) in [5, 5.41) is 4.27. The molecule has 3 aromatic rings. The Morgan fingerprint density at radius 2 is 1.88 bits per heavy atom. The number of fused-ring (bicyclic) bond motifs is 1. The van der Waals surface area contributed by atoms with Crippen LogP contribution in [0.2, 0.25) is 0 Å². The number of benzene rings is 2. The largest absolute Gasteiger partial charge is 0.493 e. The van der Waals surface area contributed by atoms with Crippen molar-refractivity contribution in [2.45, 2.75) is 0 Å². The zero-order valence-electron chi connectivity index (χ0n) is 14.2. The lowest BCUT2D eigenvalue weighted by atomic mass is 10.2. The highest BCUT2D eigenvalue weighted by molar-refractivity contribution is 5.95. The van der Waals surface area contributed by atoms with Crippen LogP contribution in [0.4, 0.5) is 0 Å². The van der Waals surface area contributed by atoms with Crippen LogP contribution in [0.25, 0.3) is 11.0 Å². The summed E-state index contributed by atoms with van der Waals surface area (Å²) >= 11 is 0. The topological polar surface area (TPSA) is 90.1 Å². The van der Waals surface area contributed by atoms with Crippen LogP contribution in [-0.4, -0.2) is 26.3 Å². The van der Waals surface area contributed by atoms with Gasteiger partial charge in [0.15, 0.2) is 11.5 Å². The van der Waals surface area contributed by atoms with E-state index in [1.54, 1.807) is 36.4 Å². The molecule has 7 nitrogen and oxygen atoms in total. The molecule has 0 saturated heterocycles. The van der Waals surface area contributed by atoms with E-state index < -0.39 is 5.91 Å². The Balaban J connectivity index is 1.77. The quantitative estimate of drug-likeness (QED) is 0.563. The molecule has 3 rings (SSSR count). The Bertz CT molecular complexity index is 1040. The average Bonchev–Trinajstić information content (AvgIpc) is 2.69. The Morgan fingerprint density at radius 1 is 1.12 bits per heavy atom. The molecule has 0 aliphatic carbocycles. The fraction of sp³-hybridized carbons (Fsp3) is 0.105.